The molecule has 5 nitrogen and oxygen atoms in total. The molecule has 0 saturated carbocycles. The van der Waals surface area contributed by atoms with Gasteiger partial charge in [-0.2, -0.15) is 0 Å². The lowest BCUT2D eigenvalue weighted by atomic mass is 10.0. The molecule has 1 saturated heterocycles. The molecule has 1 atom stereocenters. The van der Waals surface area contributed by atoms with Crippen molar-refractivity contribution in [1.82, 2.24) is 4.90 Å². The predicted molar refractivity (Wildman–Crippen MR) is 102 cm³/mol. The molecule has 0 N–H and O–H groups in total. The first-order valence-corrected chi connectivity index (χ1v) is 8.82. The lowest BCUT2D eigenvalue weighted by Crippen LogP contribution is -2.57. The lowest BCUT2D eigenvalue weighted by molar-refractivity contribution is -0.124. The summed E-state index contributed by atoms with van der Waals surface area (Å²) in [6.07, 6.45) is 0. The second-order valence-electron chi connectivity index (χ2n) is 6.32. The van der Waals surface area contributed by atoms with Crippen LogP contribution >= 0.6 is 11.6 Å². The van der Waals surface area contributed by atoms with Gasteiger partial charge in [-0.05, 0) is 55.8 Å². The van der Waals surface area contributed by atoms with E-state index >= 15 is 0 Å². The standard InChI is InChI=1S/C20H21ClN2O3/c1-13-4-5-15(21)12-18(13)20(25)22-10-11-23(19(24)14(22)2)16-6-8-17(26-3)9-7-16/h4-9,12,14H,10-11H2,1-3H3/t14-/m0/s1. The third kappa shape index (κ3) is 3.40. The van der Waals surface area contributed by atoms with Crippen LogP contribution in [0.4, 0.5) is 5.69 Å². The zero-order chi connectivity index (χ0) is 18.8. The van der Waals surface area contributed by atoms with Crippen LogP contribution < -0.4 is 9.64 Å². The number of amides is 2. The normalized spacial score (nSPS) is 17.4. The summed E-state index contributed by atoms with van der Waals surface area (Å²) in [5, 5.41) is 0.509. The van der Waals surface area contributed by atoms with Gasteiger partial charge in [0.15, 0.2) is 0 Å². The first-order chi connectivity index (χ1) is 12.4. The molecule has 0 aliphatic carbocycles. The van der Waals surface area contributed by atoms with Crippen molar-refractivity contribution >= 4 is 29.1 Å². The van der Waals surface area contributed by atoms with Crippen LogP contribution in [0, 0.1) is 6.92 Å². The van der Waals surface area contributed by atoms with E-state index in [-0.39, 0.29) is 11.8 Å². The second kappa shape index (κ2) is 7.38. The van der Waals surface area contributed by atoms with E-state index in [0.717, 1.165) is 17.0 Å². The molecule has 0 unspecified atom stereocenters. The Morgan fingerprint density at radius 2 is 1.85 bits per heavy atom. The van der Waals surface area contributed by atoms with E-state index in [9.17, 15) is 9.59 Å². The Labute approximate surface area is 158 Å². The van der Waals surface area contributed by atoms with Crippen molar-refractivity contribution < 1.29 is 14.3 Å². The number of piperazine rings is 1. The molecule has 26 heavy (non-hydrogen) atoms. The zero-order valence-corrected chi connectivity index (χ0v) is 15.8. The first kappa shape index (κ1) is 18.3. The maximum atomic E-state index is 12.9. The molecule has 136 valence electrons. The molecule has 0 bridgehead atoms. The average Bonchev–Trinajstić information content (AvgIpc) is 2.65. The van der Waals surface area contributed by atoms with Crippen LogP contribution in [0.5, 0.6) is 5.75 Å². The molecule has 1 fully saturated rings. The molecular formula is C20H21ClN2O3. The number of ether oxygens (including phenoxy) is 1. The Balaban J connectivity index is 1.80. The van der Waals surface area contributed by atoms with Gasteiger partial charge in [-0.3, -0.25) is 9.59 Å². The minimum Gasteiger partial charge on any atom is -0.497 e. The van der Waals surface area contributed by atoms with Gasteiger partial charge in [-0.25, -0.2) is 0 Å². The molecule has 0 aromatic heterocycles. The van der Waals surface area contributed by atoms with Crippen LogP contribution in [0.25, 0.3) is 0 Å². The molecular weight excluding hydrogens is 352 g/mol. The number of halogens is 1. The molecule has 1 aliphatic rings. The van der Waals surface area contributed by atoms with Crippen LogP contribution in [0.3, 0.4) is 0 Å². The average molecular weight is 373 g/mol. The highest BCUT2D eigenvalue weighted by Gasteiger charge is 2.35. The van der Waals surface area contributed by atoms with E-state index in [0.29, 0.717) is 23.7 Å². The predicted octanol–water partition coefficient (Wildman–Crippen LogP) is 3.53. The highest BCUT2D eigenvalue weighted by molar-refractivity contribution is 6.31. The van der Waals surface area contributed by atoms with Crippen molar-refractivity contribution in [3.8, 4) is 5.75 Å². The Morgan fingerprint density at radius 3 is 2.50 bits per heavy atom. The van der Waals surface area contributed by atoms with Crippen molar-refractivity contribution in [2.45, 2.75) is 19.9 Å². The smallest absolute Gasteiger partial charge is 0.254 e. The summed E-state index contributed by atoms with van der Waals surface area (Å²) in [5.41, 5.74) is 2.18. The van der Waals surface area contributed by atoms with Gasteiger partial charge in [-0.15, -0.1) is 0 Å². The van der Waals surface area contributed by atoms with Gasteiger partial charge in [0.1, 0.15) is 11.8 Å². The highest BCUT2D eigenvalue weighted by atomic mass is 35.5. The van der Waals surface area contributed by atoms with Gasteiger partial charge < -0.3 is 14.5 Å². The minimum absolute atomic E-state index is 0.102. The van der Waals surface area contributed by atoms with Crippen molar-refractivity contribution in [2.24, 2.45) is 0 Å². The van der Waals surface area contributed by atoms with E-state index in [4.69, 9.17) is 16.3 Å². The van der Waals surface area contributed by atoms with Gasteiger partial charge in [0.25, 0.3) is 5.91 Å². The Bertz CT molecular complexity index is 835. The molecule has 2 amide bonds. The first-order valence-electron chi connectivity index (χ1n) is 8.45. The van der Waals surface area contributed by atoms with Crippen LogP contribution in [-0.4, -0.2) is 43.0 Å². The van der Waals surface area contributed by atoms with Crippen LogP contribution in [-0.2, 0) is 4.79 Å². The second-order valence-corrected chi connectivity index (χ2v) is 6.76. The number of nitrogens with zero attached hydrogens (tertiary/aromatic N) is 2. The summed E-state index contributed by atoms with van der Waals surface area (Å²) in [5.74, 6) is 0.467. The van der Waals surface area contributed by atoms with E-state index in [1.165, 1.54) is 0 Å². The quantitative estimate of drug-likeness (QED) is 0.828. The van der Waals surface area contributed by atoms with Crippen molar-refractivity contribution in [2.75, 3.05) is 25.1 Å². The van der Waals surface area contributed by atoms with Gasteiger partial charge in [0, 0.05) is 29.4 Å². The summed E-state index contributed by atoms with van der Waals surface area (Å²) in [6, 6.07) is 12.0. The Hall–Kier alpha value is -2.53. The minimum atomic E-state index is -0.545. The largest absolute Gasteiger partial charge is 0.497 e. The fourth-order valence-corrected chi connectivity index (χ4v) is 3.32. The highest BCUT2D eigenvalue weighted by Crippen LogP contribution is 2.25. The number of carbonyl (C=O) groups is 2. The number of anilines is 1. The number of rotatable bonds is 3. The summed E-state index contributed by atoms with van der Waals surface area (Å²) in [7, 11) is 1.60. The third-order valence-electron chi connectivity index (χ3n) is 4.73. The summed E-state index contributed by atoms with van der Waals surface area (Å²) in [6.45, 7) is 4.53. The Kier molecular flexibility index (Phi) is 5.18. The van der Waals surface area contributed by atoms with Crippen LogP contribution in [0.2, 0.25) is 5.02 Å². The molecule has 2 aromatic rings. The van der Waals surface area contributed by atoms with Crippen LogP contribution in [0.1, 0.15) is 22.8 Å². The van der Waals surface area contributed by atoms with E-state index in [1.54, 1.807) is 36.0 Å². The van der Waals surface area contributed by atoms with Gasteiger partial charge >= 0.3 is 0 Å². The number of aryl methyl sites for hydroxylation is 1. The van der Waals surface area contributed by atoms with Crippen LogP contribution in [0.15, 0.2) is 42.5 Å². The van der Waals surface area contributed by atoms with E-state index in [1.807, 2.05) is 37.3 Å². The molecule has 3 rings (SSSR count). The molecule has 6 heteroatoms. The summed E-state index contributed by atoms with van der Waals surface area (Å²) >= 11 is 6.04. The number of benzene rings is 2. The Morgan fingerprint density at radius 1 is 1.15 bits per heavy atom. The molecule has 2 aromatic carbocycles. The number of hydrogen-bond donors (Lipinski definition) is 0. The number of hydrogen-bond acceptors (Lipinski definition) is 3. The van der Waals surface area contributed by atoms with Crippen molar-refractivity contribution in [3.05, 3.63) is 58.6 Å². The van der Waals surface area contributed by atoms with E-state index in [2.05, 4.69) is 0 Å². The van der Waals surface area contributed by atoms with E-state index < -0.39 is 6.04 Å². The molecule has 0 spiro atoms. The van der Waals surface area contributed by atoms with Gasteiger partial charge in [0.05, 0.1) is 7.11 Å². The fourth-order valence-electron chi connectivity index (χ4n) is 3.15. The third-order valence-corrected chi connectivity index (χ3v) is 4.97. The topological polar surface area (TPSA) is 49.9 Å². The number of methoxy groups -OCH3 is 1. The lowest BCUT2D eigenvalue weighted by Gasteiger charge is -2.39. The monoisotopic (exact) mass is 372 g/mol. The fraction of sp³-hybridized carbons (Fsp3) is 0.300. The number of carbonyl (C=O) groups excluding carboxylic acids is 2. The zero-order valence-electron chi connectivity index (χ0n) is 15.0. The maximum Gasteiger partial charge on any atom is 0.254 e. The SMILES string of the molecule is COc1ccc(N2CCN(C(=O)c3cc(Cl)ccc3C)[C@@H](C)C2=O)cc1. The van der Waals surface area contributed by atoms with Gasteiger partial charge in [-0.1, -0.05) is 17.7 Å². The van der Waals surface area contributed by atoms with Gasteiger partial charge in [0.2, 0.25) is 5.91 Å². The van der Waals surface area contributed by atoms with Crippen molar-refractivity contribution in [1.29, 1.82) is 0 Å². The van der Waals surface area contributed by atoms with Crippen molar-refractivity contribution in [3.63, 3.8) is 0 Å². The molecule has 1 aliphatic heterocycles. The maximum absolute atomic E-state index is 12.9. The summed E-state index contributed by atoms with van der Waals surface area (Å²) in [4.78, 5) is 29.1. The summed E-state index contributed by atoms with van der Waals surface area (Å²) < 4.78 is 5.16. The molecule has 0 radical (unpaired) electrons. The molecule has 1 heterocycles.